The minimum atomic E-state index is 0.123. The smallest absolute Gasteiger partial charge is 0.232 e. The molecule has 0 N–H and O–H groups in total. The summed E-state index contributed by atoms with van der Waals surface area (Å²) in [5, 5.41) is 1.89. The molecule has 0 aliphatic carbocycles. The molecule has 1 aromatic rings. The Hall–Kier alpha value is 0.1000. The monoisotopic (exact) mass is 238 g/mol. The summed E-state index contributed by atoms with van der Waals surface area (Å²) in [5.41, 5.74) is 0. The van der Waals surface area contributed by atoms with E-state index in [1.165, 1.54) is 11.3 Å². The standard InChI is InChI=1S/C5H3IOS/c6-5(7)4-2-1-3-8-4/h1-3H. The zero-order valence-electron chi connectivity index (χ0n) is 3.93. The second-order valence-corrected chi connectivity index (χ2v) is 3.18. The Morgan fingerprint density at radius 2 is 2.50 bits per heavy atom. The van der Waals surface area contributed by atoms with Crippen LogP contribution in [0.5, 0.6) is 0 Å². The quantitative estimate of drug-likeness (QED) is 0.542. The second-order valence-electron chi connectivity index (χ2n) is 1.25. The molecular weight excluding hydrogens is 235 g/mol. The number of carbonyl (C=O) groups is 1. The number of carbonyl (C=O) groups excluding carboxylic acids is 1. The molecular formula is C5H3IOS. The van der Waals surface area contributed by atoms with E-state index in [1.807, 2.05) is 17.5 Å². The molecule has 0 radical (unpaired) electrons. The van der Waals surface area contributed by atoms with Crippen molar-refractivity contribution in [2.45, 2.75) is 0 Å². The van der Waals surface area contributed by atoms with Crippen molar-refractivity contribution in [1.29, 1.82) is 0 Å². The molecule has 1 aromatic heterocycles. The highest BCUT2D eigenvalue weighted by Gasteiger charge is 1.97. The third-order valence-corrected chi connectivity index (χ3v) is 2.53. The van der Waals surface area contributed by atoms with Gasteiger partial charge in [-0.3, -0.25) is 4.79 Å². The average Bonchev–Trinajstić information content (AvgIpc) is 2.12. The summed E-state index contributed by atoms with van der Waals surface area (Å²) < 4.78 is 0.123. The molecule has 3 heteroatoms. The first-order valence-electron chi connectivity index (χ1n) is 2.04. The van der Waals surface area contributed by atoms with E-state index in [0.29, 0.717) is 0 Å². The molecule has 42 valence electrons. The van der Waals surface area contributed by atoms with Crippen LogP contribution in [0, 0.1) is 0 Å². The van der Waals surface area contributed by atoms with Crippen LogP contribution in [0.3, 0.4) is 0 Å². The lowest BCUT2D eigenvalue weighted by molar-refractivity contribution is 0.110. The topological polar surface area (TPSA) is 17.1 Å². The summed E-state index contributed by atoms with van der Waals surface area (Å²) in [5.74, 6) is 0. The molecule has 0 spiro atoms. The summed E-state index contributed by atoms with van der Waals surface area (Å²) in [6.45, 7) is 0. The molecule has 0 amide bonds. The molecule has 0 fully saturated rings. The first-order chi connectivity index (χ1) is 3.80. The lowest BCUT2D eigenvalue weighted by atomic mass is 10.5. The predicted molar refractivity (Wildman–Crippen MR) is 42.7 cm³/mol. The third-order valence-electron chi connectivity index (χ3n) is 0.715. The van der Waals surface area contributed by atoms with Crippen LogP contribution in [0.2, 0.25) is 0 Å². The molecule has 0 aliphatic heterocycles. The summed E-state index contributed by atoms with van der Waals surface area (Å²) in [6, 6.07) is 3.69. The van der Waals surface area contributed by atoms with Gasteiger partial charge in [-0.05, 0) is 11.4 Å². The lowest BCUT2D eigenvalue weighted by Gasteiger charge is -1.77. The van der Waals surface area contributed by atoms with Crippen molar-refractivity contribution in [3.8, 4) is 0 Å². The van der Waals surface area contributed by atoms with Crippen molar-refractivity contribution in [3.05, 3.63) is 22.4 Å². The van der Waals surface area contributed by atoms with Gasteiger partial charge in [0.15, 0.2) is 0 Å². The maximum atomic E-state index is 10.5. The Balaban J connectivity index is 2.93. The van der Waals surface area contributed by atoms with E-state index in [9.17, 15) is 4.79 Å². The highest BCUT2D eigenvalue weighted by Crippen LogP contribution is 2.11. The SMILES string of the molecule is O=C(I)c1cccs1. The molecule has 0 atom stereocenters. The van der Waals surface area contributed by atoms with Gasteiger partial charge in [-0.1, -0.05) is 6.07 Å². The fraction of sp³-hybridized carbons (Fsp3) is 0. The number of hydrogen-bond acceptors (Lipinski definition) is 2. The zero-order valence-corrected chi connectivity index (χ0v) is 6.90. The van der Waals surface area contributed by atoms with Gasteiger partial charge in [0.25, 0.3) is 0 Å². The summed E-state index contributed by atoms with van der Waals surface area (Å²) in [7, 11) is 0. The number of halogens is 1. The first-order valence-corrected chi connectivity index (χ1v) is 4.00. The van der Waals surface area contributed by atoms with E-state index in [-0.39, 0.29) is 3.79 Å². The van der Waals surface area contributed by atoms with Gasteiger partial charge >= 0.3 is 0 Å². The van der Waals surface area contributed by atoms with Crippen LogP contribution in [0.25, 0.3) is 0 Å². The molecule has 0 saturated carbocycles. The van der Waals surface area contributed by atoms with Gasteiger partial charge in [-0.2, -0.15) is 0 Å². The van der Waals surface area contributed by atoms with E-state index < -0.39 is 0 Å². The van der Waals surface area contributed by atoms with Crippen molar-refractivity contribution in [1.82, 2.24) is 0 Å². The van der Waals surface area contributed by atoms with Crippen LogP contribution in [-0.2, 0) is 0 Å². The Kier molecular flexibility index (Phi) is 2.01. The molecule has 1 rings (SSSR count). The normalized spacial score (nSPS) is 9.12. The van der Waals surface area contributed by atoms with Gasteiger partial charge in [0, 0.05) is 22.6 Å². The Bertz CT molecular complexity index is 180. The van der Waals surface area contributed by atoms with Crippen molar-refractivity contribution < 1.29 is 4.79 Å². The number of thiophene rings is 1. The van der Waals surface area contributed by atoms with Crippen LogP contribution in [-0.4, -0.2) is 3.79 Å². The van der Waals surface area contributed by atoms with E-state index in [2.05, 4.69) is 0 Å². The minimum absolute atomic E-state index is 0.123. The molecule has 1 nitrogen and oxygen atoms in total. The largest absolute Gasteiger partial charge is 0.281 e. The maximum Gasteiger partial charge on any atom is 0.232 e. The molecule has 0 bridgehead atoms. The summed E-state index contributed by atoms with van der Waals surface area (Å²) >= 11 is 3.25. The van der Waals surface area contributed by atoms with Crippen LogP contribution in [0.15, 0.2) is 17.5 Å². The van der Waals surface area contributed by atoms with E-state index in [1.54, 1.807) is 22.6 Å². The fourth-order valence-electron chi connectivity index (χ4n) is 0.390. The van der Waals surface area contributed by atoms with E-state index >= 15 is 0 Å². The van der Waals surface area contributed by atoms with Crippen LogP contribution in [0.1, 0.15) is 9.67 Å². The van der Waals surface area contributed by atoms with Crippen molar-refractivity contribution in [2.24, 2.45) is 0 Å². The number of hydrogen-bond donors (Lipinski definition) is 0. The van der Waals surface area contributed by atoms with E-state index in [4.69, 9.17) is 0 Å². The van der Waals surface area contributed by atoms with Gasteiger partial charge in [0.2, 0.25) is 3.79 Å². The molecule has 1 heterocycles. The van der Waals surface area contributed by atoms with Crippen LogP contribution in [0.4, 0.5) is 0 Å². The predicted octanol–water partition coefficient (Wildman–Crippen LogP) is 2.32. The Morgan fingerprint density at radius 3 is 2.75 bits per heavy atom. The Labute approximate surface area is 64.9 Å². The second kappa shape index (κ2) is 2.59. The molecule has 8 heavy (non-hydrogen) atoms. The summed E-state index contributed by atoms with van der Waals surface area (Å²) in [6.07, 6.45) is 0. The van der Waals surface area contributed by atoms with Crippen molar-refractivity contribution in [2.75, 3.05) is 0 Å². The highest BCUT2D eigenvalue weighted by atomic mass is 127. The van der Waals surface area contributed by atoms with Crippen molar-refractivity contribution in [3.63, 3.8) is 0 Å². The highest BCUT2D eigenvalue weighted by molar-refractivity contribution is 14.1. The Morgan fingerprint density at radius 1 is 1.75 bits per heavy atom. The van der Waals surface area contributed by atoms with Gasteiger partial charge < -0.3 is 0 Å². The van der Waals surface area contributed by atoms with Crippen molar-refractivity contribution >= 4 is 37.7 Å². The molecule has 0 saturated heterocycles. The van der Waals surface area contributed by atoms with Gasteiger partial charge in [0.05, 0.1) is 4.88 Å². The molecule has 0 aromatic carbocycles. The fourth-order valence-corrected chi connectivity index (χ4v) is 1.51. The van der Waals surface area contributed by atoms with Gasteiger partial charge in [-0.15, -0.1) is 11.3 Å². The van der Waals surface area contributed by atoms with E-state index in [0.717, 1.165) is 4.88 Å². The lowest BCUT2D eigenvalue weighted by Crippen LogP contribution is -1.76. The van der Waals surface area contributed by atoms with Crippen LogP contribution < -0.4 is 0 Å². The number of rotatable bonds is 1. The summed E-state index contributed by atoms with van der Waals surface area (Å²) in [4.78, 5) is 11.3. The molecule has 0 aliphatic rings. The van der Waals surface area contributed by atoms with Gasteiger partial charge in [0.1, 0.15) is 0 Å². The first kappa shape index (κ1) is 6.22. The maximum absolute atomic E-state index is 10.5. The third kappa shape index (κ3) is 1.29. The zero-order chi connectivity index (χ0) is 5.98. The van der Waals surface area contributed by atoms with Gasteiger partial charge in [-0.25, -0.2) is 0 Å². The average molecular weight is 238 g/mol. The molecule has 0 unspecified atom stereocenters. The van der Waals surface area contributed by atoms with Crippen LogP contribution >= 0.6 is 33.9 Å². The minimum Gasteiger partial charge on any atom is -0.281 e.